The van der Waals surface area contributed by atoms with Gasteiger partial charge in [-0.2, -0.15) is 5.10 Å². The van der Waals surface area contributed by atoms with E-state index in [2.05, 4.69) is 21.0 Å². The number of carbonyl (C=O) groups excluding carboxylic acids is 2. The lowest BCUT2D eigenvalue weighted by molar-refractivity contribution is -0.134. The molecule has 27 heavy (non-hydrogen) atoms. The number of carbonyl (C=O) groups is 2. The van der Waals surface area contributed by atoms with Gasteiger partial charge in [0.25, 0.3) is 0 Å². The van der Waals surface area contributed by atoms with E-state index in [1.165, 1.54) is 0 Å². The maximum Gasteiger partial charge on any atom is 0.235 e. The van der Waals surface area contributed by atoms with Gasteiger partial charge < -0.3 is 10.6 Å². The summed E-state index contributed by atoms with van der Waals surface area (Å²) in [6, 6.07) is 5.54. The third-order valence-electron chi connectivity index (χ3n) is 5.21. The first-order valence-electron chi connectivity index (χ1n) is 8.94. The number of benzene rings is 1. The highest BCUT2D eigenvalue weighted by Crippen LogP contribution is 2.31. The molecule has 1 unspecified atom stereocenters. The smallest absolute Gasteiger partial charge is 0.235 e. The summed E-state index contributed by atoms with van der Waals surface area (Å²) in [6.07, 6.45) is 0.591. The first-order valence-corrected chi connectivity index (χ1v) is 8.94. The molecular formula is C18H23ClFN5O2. The lowest BCUT2D eigenvalue weighted by atomic mass is 9.93. The van der Waals surface area contributed by atoms with Crippen molar-refractivity contribution in [3.8, 4) is 0 Å². The van der Waals surface area contributed by atoms with Crippen LogP contribution in [0.2, 0.25) is 0 Å². The van der Waals surface area contributed by atoms with Crippen molar-refractivity contribution in [2.24, 2.45) is 7.05 Å². The summed E-state index contributed by atoms with van der Waals surface area (Å²) < 4.78 is 15.8. The molecule has 2 aromatic rings. The number of hydrogen-bond donors (Lipinski definition) is 3. The van der Waals surface area contributed by atoms with Crippen molar-refractivity contribution in [3.05, 3.63) is 23.9 Å². The van der Waals surface area contributed by atoms with Gasteiger partial charge in [-0.15, -0.1) is 12.4 Å². The second kappa shape index (κ2) is 7.82. The Morgan fingerprint density at radius 1 is 1.30 bits per heavy atom. The van der Waals surface area contributed by atoms with Crippen molar-refractivity contribution in [2.45, 2.75) is 37.4 Å². The molecule has 146 valence electrons. The van der Waals surface area contributed by atoms with Gasteiger partial charge in [-0.3, -0.25) is 19.6 Å². The molecule has 0 spiro atoms. The zero-order chi connectivity index (χ0) is 18.3. The van der Waals surface area contributed by atoms with Crippen LogP contribution >= 0.6 is 12.4 Å². The minimum atomic E-state index is -0.926. The number of anilines is 1. The molecule has 2 fully saturated rings. The third-order valence-corrected chi connectivity index (χ3v) is 5.21. The summed E-state index contributed by atoms with van der Waals surface area (Å²) in [5.41, 5.74) is 2.40. The molecule has 9 heteroatoms. The van der Waals surface area contributed by atoms with Crippen molar-refractivity contribution in [3.63, 3.8) is 0 Å². The summed E-state index contributed by atoms with van der Waals surface area (Å²) in [4.78, 5) is 23.6. The molecule has 7 nitrogen and oxygen atoms in total. The molecular weight excluding hydrogens is 373 g/mol. The minimum absolute atomic E-state index is 0. The third kappa shape index (κ3) is 3.77. The van der Waals surface area contributed by atoms with Gasteiger partial charge in [0.2, 0.25) is 11.8 Å². The fourth-order valence-electron chi connectivity index (χ4n) is 3.78. The molecule has 2 saturated heterocycles. The summed E-state index contributed by atoms with van der Waals surface area (Å²) in [7, 11) is 1.82. The Balaban J connectivity index is 0.00000210. The van der Waals surface area contributed by atoms with Crippen molar-refractivity contribution < 1.29 is 14.0 Å². The molecule has 0 aliphatic carbocycles. The number of piperidine rings is 2. The zero-order valence-electron chi connectivity index (χ0n) is 15.0. The molecule has 0 radical (unpaired) electrons. The molecule has 2 aliphatic rings. The fourth-order valence-corrected chi connectivity index (χ4v) is 3.78. The molecule has 4 rings (SSSR count). The Morgan fingerprint density at radius 2 is 2.11 bits per heavy atom. The van der Waals surface area contributed by atoms with Crippen LogP contribution in [0.3, 0.4) is 0 Å². The summed E-state index contributed by atoms with van der Waals surface area (Å²) in [6.45, 7) is 1.16. The highest BCUT2D eigenvalue weighted by molar-refractivity contribution is 6.02. The molecule has 1 aromatic carbocycles. The second-order valence-electron chi connectivity index (χ2n) is 7.00. The largest absolute Gasteiger partial charge is 0.379 e. The number of hydrogen-bond acceptors (Lipinski definition) is 5. The van der Waals surface area contributed by atoms with Gasteiger partial charge in [-0.1, -0.05) is 0 Å². The average Bonchev–Trinajstić information content (AvgIpc) is 2.93. The number of aromatic nitrogens is 2. The van der Waals surface area contributed by atoms with Crippen LogP contribution in [0, 0.1) is 0 Å². The highest BCUT2D eigenvalue weighted by atomic mass is 35.5. The van der Waals surface area contributed by atoms with E-state index in [-0.39, 0.29) is 30.3 Å². The maximum absolute atomic E-state index is 14.0. The number of aryl methyl sites for hydroxylation is 1. The lowest BCUT2D eigenvalue weighted by Gasteiger charge is -2.28. The summed E-state index contributed by atoms with van der Waals surface area (Å²) in [5, 5.41) is 14.1. The van der Waals surface area contributed by atoms with E-state index in [0.717, 1.165) is 29.6 Å². The molecule has 2 amide bonds. The monoisotopic (exact) mass is 395 g/mol. The van der Waals surface area contributed by atoms with Gasteiger partial charge in [-0.25, -0.2) is 4.39 Å². The van der Waals surface area contributed by atoms with Crippen LogP contribution in [-0.2, 0) is 16.6 Å². The average molecular weight is 396 g/mol. The van der Waals surface area contributed by atoms with E-state index >= 15 is 0 Å². The van der Waals surface area contributed by atoms with Crippen molar-refractivity contribution in [1.29, 1.82) is 0 Å². The van der Waals surface area contributed by atoms with Crippen LogP contribution in [-0.4, -0.2) is 46.9 Å². The van der Waals surface area contributed by atoms with Crippen molar-refractivity contribution in [2.75, 3.05) is 18.4 Å². The fraction of sp³-hybridized carbons (Fsp3) is 0.500. The standard InChI is InChI=1S/C18H22FN5O2.ClH/c1-24-15-8-10(21-14-6-7-20-9-13(14)19)2-3-11(15)17(23-24)12-4-5-16(25)22-18(12)26;/h2-3,8,12-14,20-21H,4-7,9H2,1H3,(H,22,25,26);1H/t12?,13-,14-;/m1./s1. The van der Waals surface area contributed by atoms with Crippen LogP contribution in [0.15, 0.2) is 18.2 Å². The Kier molecular flexibility index (Phi) is 5.67. The number of fused-ring (bicyclic) bond motifs is 1. The maximum atomic E-state index is 14.0. The zero-order valence-corrected chi connectivity index (χ0v) is 15.8. The highest BCUT2D eigenvalue weighted by Gasteiger charge is 2.31. The summed E-state index contributed by atoms with van der Waals surface area (Å²) in [5.74, 6) is -0.950. The number of alkyl halides is 1. The van der Waals surface area contributed by atoms with E-state index in [1.54, 1.807) is 4.68 Å². The quantitative estimate of drug-likeness (QED) is 0.687. The van der Waals surface area contributed by atoms with E-state index in [0.29, 0.717) is 25.1 Å². The molecule has 3 atom stereocenters. The number of imide groups is 1. The van der Waals surface area contributed by atoms with Crippen LogP contribution < -0.4 is 16.0 Å². The van der Waals surface area contributed by atoms with Gasteiger partial charge in [0.15, 0.2) is 0 Å². The Morgan fingerprint density at radius 3 is 2.85 bits per heavy atom. The van der Waals surface area contributed by atoms with Crippen LogP contribution in [0.1, 0.15) is 30.9 Å². The van der Waals surface area contributed by atoms with Gasteiger partial charge in [-0.05, 0) is 37.6 Å². The van der Waals surface area contributed by atoms with E-state index in [4.69, 9.17) is 0 Å². The second-order valence-corrected chi connectivity index (χ2v) is 7.00. The molecule has 2 aliphatic heterocycles. The number of nitrogens with one attached hydrogen (secondary N) is 3. The van der Waals surface area contributed by atoms with Crippen molar-refractivity contribution in [1.82, 2.24) is 20.4 Å². The Hall–Kier alpha value is -2.19. The first kappa shape index (κ1) is 19.6. The van der Waals surface area contributed by atoms with Gasteiger partial charge in [0.1, 0.15) is 6.17 Å². The summed E-state index contributed by atoms with van der Waals surface area (Å²) >= 11 is 0. The van der Waals surface area contributed by atoms with Gasteiger partial charge >= 0.3 is 0 Å². The minimum Gasteiger partial charge on any atom is -0.379 e. The SMILES string of the molecule is Cl.Cn1nc(C2CCC(=O)NC2=O)c2ccc(N[C@@H]3CCNC[C@H]3F)cc21. The van der Waals surface area contributed by atoms with Crippen LogP contribution in [0.25, 0.3) is 10.9 Å². The predicted octanol–water partition coefficient (Wildman–Crippen LogP) is 1.63. The van der Waals surface area contributed by atoms with E-state index in [1.807, 2.05) is 25.2 Å². The molecule has 3 heterocycles. The molecule has 3 N–H and O–H groups in total. The lowest BCUT2D eigenvalue weighted by Crippen LogP contribution is -2.45. The Bertz CT molecular complexity index is 871. The Labute approximate surface area is 162 Å². The van der Waals surface area contributed by atoms with Gasteiger partial charge in [0.05, 0.1) is 23.2 Å². The first-order chi connectivity index (χ1) is 12.5. The predicted molar refractivity (Wildman–Crippen MR) is 103 cm³/mol. The molecule has 1 aromatic heterocycles. The normalized spacial score (nSPS) is 25.8. The number of nitrogens with zero attached hydrogens (tertiary/aromatic N) is 2. The molecule has 0 bridgehead atoms. The van der Waals surface area contributed by atoms with E-state index < -0.39 is 12.1 Å². The van der Waals surface area contributed by atoms with Crippen LogP contribution in [0.4, 0.5) is 10.1 Å². The van der Waals surface area contributed by atoms with Gasteiger partial charge in [0, 0.05) is 31.1 Å². The van der Waals surface area contributed by atoms with Crippen LogP contribution in [0.5, 0.6) is 0 Å². The number of rotatable bonds is 3. The van der Waals surface area contributed by atoms with Crippen molar-refractivity contribution >= 4 is 40.8 Å². The number of amides is 2. The number of halogens is 2. The molecule has 0 saturated carbocycles. The van der Waals surface area contributed by atoms with E-state index in [9.17, 15) is 14.0 Å². The topological polar surface area (TPSA) is 88.0 Å².